The van der Waals surface area contributed by atoms with E-state index in [0.29, 0.717) is 28.7 Å². The lowest BCUT2D eigenvalue weighted by Gasteiger charge is -2.11. The Balaban J connectivity index is 1.54. The van der Waals surface area contributed by atoms with Crippen molar-refractivity contribution in [1.29, 1.82) is 5.26 Å². The van der Waals surface area contributed by atoms with E-state index in [0.717, 1.165) is 11.4 Å². The van der Waals surface area contributed by atoms with Crippen LogP contribution >= 0.6 is 0 Å². The molecule has 30 heavy (non-hydrogen) atoms. The van der Waals surface area contributed by atoms with Gasteiger partial charge in [0, 0.05) is 25.0 Å². The predicted molar refractivity (Wildman–Crippen MR) is 109 cm³/mol. The van der Waals surface area contributed by atoms with Crippen LogP contribution in [0.3, 0.4) is 0 Å². The summed E-state index contributed by atoms with van der Waals surface area (Å²) in [5.74, 6) is 1.83. The highest BCUT2D eigenvalue weighted by atomic mass is 15.3. The standard InChI is InChI=1S/C19H15N11/c1-28-9-17(21-10-28)26-18-6-16(27-19-13(7-20)8-24-30(18)19)25-14-3-2-4-15(5-14)29-11-22-23-12-29/h2-6,8-12,26H,1H3,(H,25,27). The lowest BCUT2D eigenvalue weighted by atomic mass is 10.2. The maximum absolute atomic E-state index is 9.42. The molecule has 0 aliphatic rings. The number of aryl methyl sites for hydroxylation is 1. The van der Waals surface area contributed by atoms with Crippen molar-refractivity contribution >= 4 is 28.8 Å². The van der Waals surface area contributed by atoms with Gasteiger partial charge in [0.15, 0.2) is 5.65 Å². The Hall–Kier alpha value is -4.72. The second-order valence-electron chi connectivity index (χ2n) is 6.53. The van der Waals surface area contributed by atoms with Crippen molar-refractivity contribution in [3.63, 3.8) is 0 Å². The van der Waals surface area contributed by atoms with Crippen molar-refractivity contribution in [3.05, 3.63) is 67.3 Å². The summed E-state index contributed by atoms with van der Waals surface area (Å²) in [5.41, 5.74) is 2.54. The number of fused-ring (bicyclic) bond motifs is 1. The summed E-state index contributed by atoms with van der Waals surface area (Å²) < 4.78 is 5.22. The number of aromatic nitrogens is 8. The molecule has 0 amide bonds. The zero-order valence-corrected chi connectivity index (χ0v) is 15.8. The van der Waals surface area contributed by atoms with Gasteiger partial charge in [-0.2, -0.15) is 14.9 Å². The van der Waals surface area contributed by atoms with E-state index in [1.165, 1.54) is 6.20 Å². The molecule has 11 nitrogen and oxygen atoms in total. The molecular formula is C19H15N11. The minimum atomic E-state index is 0.376. The molecule has 0 atom stereocenters. The van der Waals surface area contributed by atoms with Crippen molar-refractivity contribution in [1.82, 2.24) is 38.9 Å². The van der Waals surface area contributed by atoms with Crippen molar-refractivity contribution in [2.24, 2.45) is 7.05 Å². The fourth-order valence-electron chi connectivity index (χ4n) is 3.03. The molecule has 5 rings (SSSR count). The molecule has 0 bridgehead atoms. The maximum atomic E-state index is 9.42. The zero-order chi connectivity index (χ0) is 20.5. The van der Waals surface area contributed by atoms with E-state index in [2.05, 4.69) is 42.0 Å². The van der Waals surface area contributed by atoms with Gasteiger partial charge in [-0.25, -0.2) is 9.97 Å². The smallest absolute Gasteiger partial charge is 0.177 e. The monoisotopic (exact) mass is 397 g/mol. The summed E-state index contributed by atoms with van der Waals surface area (Å²) in [7, 11) is 1.89. The highest BCUT2D eigenvalue weighted by molar-refractivity contribution is 5.69. The summed E-state index contributed by atoms with van der Waals surface area (Å²) in [5, 5.41) is 27.9. The first-order valence-electron chi connectivity index (χ1n) is 8.95. The average Bonchev–Trinajstić information content (AvgIpc) is 3.49. The van der Waals surface area contributed by atoms with Crippen LogP contribution in [0, 0.1) is 11.3 Å². The van der Waals surface area contributed by atoms with Gasteiger partial charge in [-0.3, -0.25) is 4.57 Å². The summed E-state index contributed by atoms with van der Waals surface area (Å²) in [6.07, 6.45) is 8.28. The fraction of sp³-hybridized carbons (Fsp3) is 0.0526. The number of hydrogen-bond donors (Lipinski definition) is 2. The third-order valence-corrected chi connectivity index (χ3v) is 4.39. The summed E-state index contributed by atoms with van der Waals surface area (Å²) in [4.78, 5) is 8.86. The first-order chi connectivity index (χ1) is 14.7. The second kappa shape index (κ2) is 7.02. The highest BCUT2D eigenvalue weighted by Gasteiger charge is 2.13. The van der Waals surface area contributed by atoms with Crippen LogP contribution in [0.5, 0.6) is 0 Å². The molecule has 0 saturated heterocycles. The molecular weight excluding hydrogens is 382 g/mol. The Bertz CT molecular complexity index is 1370. The molecule has 4 heterocycles. The van der Waals surface area contributed by atoms with E-state index in [4.69, 9.17) is 0 Å². The maximum Gasteiger partial charge on any atom is 0.177 e. The highest BCUT2D eigenvalue weighted by Crippen LogP contribution is 2.24. The molecule has 4 aromatic heterocycles. The summed E-state index contributed by atoms with van der Waals surface area (Å²) in [6.45, 7) is 0. The van der Waals surface area contributed by atoms with Gasteiger partial charge in [-0.1, -0.05) is 6.07 Å². The molecule has 0 aliphatic heterocycles. The van der Waals surface area contributed by atoms with E-state index < -0.39 is 0 Å². The third-order valence-electron chi connectivity index (χ3n) is 4.39. The number of nitrogens with zero attached hydrogens (tertiary/aromatic N) is 9. The molecule has 0 spiro atoms. The van der Waals surface area contributed by atoms with Crippen LogP contribution in [-0.4, -0.2) is 38.9 Å². The van der Waals surface area contributed by atoms with Gasteiger partial charge in [0.05, 0.1) is 18.2 Å². The fourth-order valence-corrected chi connectivity index (χ4v) is 3.03. The van der Waals surface area contributed by atoms with E-state index >= 15 is 0 Å². The van der Waals surface area contributed by atoms with Crippen LogP contribution in [0.15, 0.2) is 61.7 Å². The Morgan fingerprint density at radius 2 is 1.90 bits per heavy atom. The first kappa shape index (κ1) is 17.4. The molecule has 5 aromatic rings. The number of nitriles is 1. The van der Waals surface area contributed by atoms with Gasteiger partial charge >= 0.3 is 0 Å². The topological polar surface area (TPSA) is 127 Å². The minimum Gasteiger partial charge on any atom is -0.340 e. The van der Waals surface area contributed by atoms with Gasteiger partial charge in [-0.05, 0) is 18.2 Å². The summed E-state index contributed by atoms with van der Waals surface area (Å²) >= 11 is 0. The van der Waals surface area contributed by atoms with Crippen LogP contribution < -0.4 is 10.6 Å². The molecule has 146 valence electrons. The molecule has 1 aromatic carbocycles. The summed E-state index contributed by atoms with van der Waals surface area (Å²) in [6, 6.07) is 11.7. The Kier molecular flexibility index (Phi) is 4.07. The van der Waals surface area contributed by atoms with Crippen molar-refractivity contribution in [2.45, 2.75) is 0 Å². The van der Waals surface area contributed by atoms with E-state index in [-0.39, 0.29) is 0 Å². The quantitative estimate of drug-likeness (QED) is 0.463. The Morgan fingerprint density at radius 1 is 1.03 bits per heavy atom. The molecule has 0 unspecified atom stereocenters. The number of benzene rings is 1. The Labute approximate surface area is 170 Å². The van der Waals surface area contributed by atoms with Crippen molar-refractivity contribution < 1.29 is 0 Å². The van der Waals surface area contributed by atoms with E-state index in [9.17, 15) is 5.26 Å². The minimum absolute atomic E-state index is 0.376. The van der Waals surface area contributed by atoms with Crippen LogP contribution in [-0.2, 0) is 7.05 Å². The van der Waals surface area contributed by atoms with Crippen molar-refractivity contribution in [2.75, 3.05) is 10.6 Å². The van der Waals surface area contributed by atoms with Gasteiger partial charge in [0.2, 0.25) is 0 Å². The van der Waals surface area contributed by atoms with Crippen LogP contribution in [0.25, 0.3) is 11.3 Å². The zero-order valence-electron chi connectivity index (χ0n) is 15.8. The number of imidazole rings is 1. The lowest BCUT2D eigenvalue weighted by Crippen LogP contribution is -2.04. The number of rotatable bonds is 5. The van der Waals surface area contributed by atoms with Crippen LogP contribution in [0.4, 0.5) is 23.1 Å². The van der Waals surface area contributed by atoms with Crippen LogP contribution in [0.2, 0.25) is 0 Å². The van der Waals surface area contributed by atoms with Gasteiger partial charge < -0.3 is 15.2 Å². The van der Waals surface area contributed by atoms with Crippen molar-refractivity contribution in [3.8, 4) is 11.8 Å². The number of hydrogen-bond acceptors (Lipinski definition) is 8. The van der Waals surface area contributed by atoms with Crippen LogP contribution in [0.1, 0.15) is 5.56 Å². The molecule has 0 fully saturated rings. The molecule has 0 radical (unpaired) electrons. The predicted octanol–water partition coefficient (Wildman–Crippen LogP) is 2.40. The number of anilines is 4. The average molecular weight is 397 g/mol. The largest absolute Gasteiger partial charge is 0.340 e. The van der Waals surface area contributed by atoms with Gasteiger partial charge in [-0.15, -0.1) is 10.2 Å². The van der Waals surface area contributed by atoms with Gasteiger partial charge in [0.25, 0.3) is 0 Å². The molecule has 0 aliphatic carbocycles. The number of nitrogens with one attached hydrogen (secondary N) is 2. The normalized spacial score (nSPS) is 10.8. The third kappa shape index (κ3) is 3.18. The SMILES string of the molecule is Cn1cnc(Nc2cc(Nc3cccc(-n4cnnc4)c3)nc3c(C#N)cnn23)c1. The first-order valence-corrected chi connectivity index (χ1v) is 8.95. The lowest BCUT2D eigenvalue weighted by molar-refractivity contribution is 0.913. The van der Waals surface area contributed by atoms with E-state index in [1.54, 1.807) is 34.1 Å². The molecule has 0 saturated carbocycles. The molecule has 11 heteroatoms. The molecule has 2 N–H and O–H groups in total. The van der Waals surface area contributed by atoms with E-state index in [1.807, 2.05) is 42.1 Å². The Morgan fingerprint density at radius 3 is 2.67 bits per heavy atom. The van der Waals surface area contributed by atoms with Gasteiger partial charge in [0.1, 0.15) is 41.7 Å². The second-order valence-corrected chi connectivity index (χ2v) is 6.53.